The zero-order valence-electron chi connectivity index (χ0n) is 15.3. The van der Waals surface area contributed by atoms with Gasteiger partial charge in [0, 0.05) is 31.0 Å². The minimum absolute atomic E-state index is 0.127. The van der Waals surface area contributed by atoms with Gasteiger partial charge in [-0.3, -0.25) is 4.68 Å². The van der Waals surface area contributed by atoms with Crippen LogP contribution in [0.15, 0.2) is 18.5 Å². The molecule has 0 aromatic carbocycles. The number of fused-ring (bicyclic) bond motifs is 1. The van der Waals surface area contributed by atoms with E-state index in [9.17, 15) is 9.90 Å². The van der Waals surface area contributed by atoms with Gasteiger partial charge in [-0.05, 0) is 37.2 Å². The van der Waals surface area contributed by atoms with Crippen LogP contribution in [0.25, 0.3) is 10.9 Å². The number of nitrogens with one attached hydrogen (secondary N) is 2. The Morgan fingerprint density at radius 2 is 2.04 bits per heavy atom. The van der Waals surface area contributed by atoms with Crippen LogP contribution in [0, 0.1) is 5.41 Å². The van der Waals surface area contributed by atoms with Crippen molar-refractivity contribution in [2.45, 2.75) is 58.0 Å². The Hall–Kier alpha value is -2.31. The molecule has 1 amide bonds. The third-order valence-corrected chi connectivity index (χ3v) is 5.51. The third kappa shape index (κ3) is 3.41. The Kier molecular flexibility index (Phi) is 4.34. The number of carboxylic acid groups (broad SMARTS) is 1. The van der Waals surface area contributed by atoms with Crippen LogP contribution in [0.2, 0.25) is 0 Å². The van der Waals surface area contributed by atoms with Crippen molar-refractivity contribution in [2.24, 2.45) is 12.5 Å². The number of hydrogen-bond donors (Lipinski definition) is 3. The highest BCUT2D eigenvalue weighted by atomic mass is 16.4. The number of anilines is 1. The van der Waals surface area contributed by atoms with Gasteiger partial charge in [0.15, 0.2) is 0 Å². The molecule has 136 valence electrons. The largest absolute Gasteiger partial charge is 0.465 e. The molecular formula is C18H27N5O2. The van der Waals surface area contributed by atoms with Crippen molar-refractivity contribution in [2.75, 3.05) is 5.32 Å². The van der Waals surface area contributed by atoms with Gasteiger partial charge in [0.05, 0.1) is 10.9 Å². The van der Waals surface area contributed by atoms with Crippen molar-refractivity contribution in [1.29, 1.82) is 0 Å². The van der Waals surface area contributed by atoms with Crippen LogP contribution in [-0.2, 0) is 7.05 Å². The summed E-state index contributed by atoms with van der Waals surface area (Å²) in [5.41, 5.74) is 0.412. The van der Waals surface area contributed by atoms with Crippen LogP contribution in [0.1, 0.15) is 46.5 Å². The predicted molar refractivity (Wildman–Crippen MR) is 97.7 cm³/mol. The number of amides is 1. The standard InChI is InChI=1S/C18H27N5O2/c1-17(2,3)18(21-16(24)25)8-5-12(6-9-18)20-15-13-11-23(4)22-14(13)7-10-19-15/h7,10-12,21H,5-6,8-9H2,1-4H3,(H,19,20)(H,24,25). The summed E-state index contributed by atoms with van der Waals surface area (Å²) in [4.78, 5) is 15.8. The van der Waals surface area contributed by atoms with Gasteiger partial charge in [0.1, 0.15) is 5.82 Å². The highest BCUT2D eigenvalue weighted by Crippen LogP contribution is 2.42. The lowest BCUT2D eigenvalue weighted by molar-refractivity contribution is 0.0804. The van der Waals surface area contributed by atoms with E-state index in [1.54, 1.807) is 10.9 Å². The summed E-state index contributed by atoms with van der Waals surface area (Å²) in [6.07, 6.45) is 6.21. The van der Waals surface area contributed by atoms with Gasteiger partial charge in [-0.2, -0.15) is 5.10 Å². The fourth-order valence-corrected chi connectivity index (χ4v) is 3.89. The van der Waals surface area contributed by atoms with Gasteiger partial charge in [0.2, 0.25) is 0 Å². The first-order valence-corrected chi connectivity index (χ1v) is 8.76. The van der Waals surface area contributed by atoms with E-state index in [2.05, 4.69) is 41.5 Å². The number of hydrogen-bond acceptors (Lipinski definition) is 4. The molecule has 3 rings (SSSR count). The molecule has 0 aliphatic heterocycles. The maximum atomic E-state index is 11.3. The Bertz CT molecular complexity index is 769. The molecule has 2 heterocycles. The van der Waals surface area contributed by atoms with E-state index in [0.717, 1.165) is 42.4 Å². The van der Waals surface area contributed by atoms with Crippen molar-refractivity contribution in [3.8, 4) is 0 Å². The second kappa shape index (κ2) is 6.20. The number of aryl methyl sites for hydroxylation is 1. The van der Waals surface area contributed by atoms with E-state index in [4.69, 9.17) is 0 Å². The molecule has 0 atom stereocenters. The van der Waals surface area contributed by atoms with E-state index < -0.39 is 6.09 Å². The molecule has 0 saturated heterocycles. The van der Waals surface area contributed by atoms with E-state index in [-0.39, 0.29) is 17.0 Å². The summed E-state index contributed by atoms with van der Waals surface area (Å²) in [6.45, 7) is 6.32. The maximum absolute atomic E-state index is 11.3. The van der Waals surface area contributed by atoms with Gasteiger partial charge in [-0.15, -0.1) is 0 Å². The quantitative estimate of drug-likeness (QED) is 0.793. The van der Waals surface area contributed by atoms with Crippen LogP contribution in [0.4, 0.5) is 10.6 Å². The molecule has 2 aromatic rings. The molecule has 25 heavy (non-hydrogen) atoms. The zero-order chi connectivity index (χ0) is 18.2. The van der Waals surface area contributed by atoms with Gasteiger partial charge in [-0.25, -0.2) is 9.78 Å². The van der Waals surface area contributed by atoms with E-state index in [1.807, 2.05) is 19.3 Å². The normalized spacial score (nSPS) is 24.2. The van der Waals surface area contributed by atoms with Gasteiger partial charge < -0.3 is 15.7 Å². The van der Waals surface area contributed by atoms with Crippen LogP contribution in [-0.4, -0.2) is 37.5 Å². The van der Waals surface area contributed by atoms with Crippen molar-refractivity contribution < 1.29 is 9.90 Å². The fraction of sp³-hybridized carbons (Fsp3) is 0.611. The number of aromatic nitrogens is 3. The number of nitrogens with zero attached hydrogens (tertiary/aromatic N) is 3. The predicted octanol–water partition coefficient (Wildman–Crippen LogP) is 3.38. The Morgan fingerprint density at radius 3 is 2.64 bits per heavy atom. The van der Waals surface area contributed by atoms with Crippen LogP contribution in [0.5, 0.6) is 0 Å². The van der Waals surface area contributed by atoms with E-state index in [1.165, 1.54) is 0 Å². The molecule has 2 aromatic heterocycles. The van der Waals surface area contributed by atoms with Crippen molar-refractivity contribution in [1.82, 2.24) is 20.1 Å². The van der Waals surface area contributed by atoms with Crippen LogP contribution < -0.4 is 10.6 Å². The Labute approximate surface area is 147 Å². The maximum Gasteiger partial charge on any atom is 0.405 e. The van der Waals surface area contributed by atoms with Gasteiger partial charge >= 0.3 is 6.09 Å². The molecule has 1 aliphatic carbocycles. The monoisotopic (exact) mass is 345 g/mol. The lowest BCUT2D eigenvalue weighted by atomic mass is 9.64. The molecular weight excluding hydrogens is 318 g/mol. The highest BCUT2D eigenvalue weighted by molar-refractivity contribution is 5.88. The number of rotatable bonds is 3. The first-order chi connectivity index (χ1) is 11.7. The van der Waals surface area contributed by atoms with Gasteiger partial charge in [-0.1, -0.05) is 20.8 Å². The van der Waals surface area contributed by atoms with Crippen LogP contribution >= 0.6 is 0 Å². The third-order valence-electron chi connectivity index (χ3n) is 5.51. The number of carbonyl (C=O) groups is 1. The lowest BCUT2D eigenvalue weighted by Gasteiger charge is -2.49. The minimum Gasteiger partial charge on any atom is -0.465 e. The molecule has 0 bridgehead atoms. The molecule has 0 spiro atoms. The molecule has 3 N–H and O–H groups in total. The summed E-state index contributed by atoms with van der Waals surface area (Å²) in [6, 6.07) is 2.19. The molecule has 0 radical (unpaired) electrons. The topological polar surface area (TPSA) is 92.1 Å². The van der Waals surface area contributed by atoms with Crippen LogP contribution in [0.3, 0.4) is 0 Å². The molecule has 7 nitrogen and oxygen atoms in total. The minimum atomic E-state index is -0.942. The molecule has 0 unspecified atom stereocenters. The Balaban J connectivity index is 1.74. The summed E-state index contributed by atoms with van der Waals surface area (Å²) in [5, 5.41) is 21.1. The average Bonchev–Trinajstić information content (AvgIpc) is 2.89. The van der Waals surface area contributed by atoms with Gasteiger partial charge in [0.25, 0.3) is 0 Å². The second-order valence-electron chi connectivity index (χ2n) is 8.08. The summed E-state index contributed by atoms with van der Waals surface area (Å²) in [5.74, 6) is 0.852. The summed E-state index contributed by atoms with van der Waals surface area (Å²) >= 11 is 0. The van der Waals surface area contributed by atoms with Crippen molar-refractivity contribution in [3.05, 3.63) is 18.5 Å². The molecule has 1 saturated carbocycles. The first-order valence-electron chi connectivity index (χ1n) is 8.76. The SMILES string of the molecule is Cn1cc2c(NC3CCC(NC(=O)O)(C(C)(C)C)CC3)nccc2n1. The molecule has 1 fully saturated rings. The summed E-state index contributed by atoms with van der Waals surface area (Å²) in [7, 11) is 1.90. The average molecular weight is 345 g/mol. The number of pyridine rings is 1. The Morgan fingerprint density at radius 1 is 1.36 bits per heavy atom. The first kappa shape index (κ1) is 17.5. The smallest absolute Gasteiger partial charge is 0.405 e. The van der Waals surface area contributed by atoms with Crippen molar-refractivity contribution in [3.63, 3.8) is 0 Å². The van der Waals surface area contributed by atoms with E-state index in [0.29, 0.717) is 0 Å². The fourth-order valence-electron chi connectivity index (χ4n) is 3.89. The summed E-state index contributed by atoms with van der Waals surface area (Å²) < 4.78 is 1.79. The van der Waals surface area contributed by atoms with Crippen molar-refractivity contribution >= 4 is 22.8 Å². The van der Waals surface area contributed by atoms with E-state index >= 15 is 0 Å². The zero-order valence-corrected chi connectivity index (χ0v) is 15.3. The highest BCUT2D eigenvalue weighted by Gasteiger charge is 2.45. The molecule has 7 heteroatoms. The lowest BCUT2D eigenvalue weighted by Crippen LogP contribution is -2.59. The molecule has 1 aliphatic rings. The second-order valence-corrected chi connectivity index (χ2v) is 8.08.